The molecule has 0 bridgehead atoms. The minimum Gasteiger partial charge on any atom is -0.497 e. The topological polar surface area (TPSA) is 67.9 Å². The molecule has 6 nitrogen and oxygen atoms in total. The van der Waals surface area contributed by atoms with E-state index in [0.717, 1.165) is 10.0 Å². The molecule has 0 radical (unpaired) electrons. The van der Waals surface area contributed by atoms with Gasteiger partial charge in [-0.25, -0.2) is 0 Å². The van der Waals surface area contributed by atoms with Gasteiger partial charge < -0.3 is 19.7 Å². The van der Waals surface area contributed by atoms with E-state index in [9.17, 15) is 9.59 Å². The van der Waals surface area contributed by atoms with Crippen LogP contribution >= 0.6 is 15.9 Å². The van der Waals surface area contributed by atoms with Crippen LogP contribution in [0.3, 0.4) is 0 Å². The highest BCUT2D eigenvalue weighted by Gasteiger charge is 2.26. The number of methoxy groups -OCH3 is 1. The zero-order valence-electron chi connectivity index (χ0n) is 17.9. The van der Waals surface area contributed by atoms with Gasteiger partial charge in [0.15, 0.2) is 6.61 Å². The summed E-state index contributed by atoms with van der Waals surface area (Å²) in [6.07, 6.45) is 0. The summed E-state index contributed by atoms with van der Waals surface area (Å²) in [5.41, 5.74) is 0.930. The molecule has 7 heteroatoms. The lowest BCUT2D eigenvalue weighted by atomic mass is 10.1. The number of amides is 2. The lowest BCUT2D eigenvalue weighted by Gasteiger charge is -2.29. The molecule has 0 heterocycles. The molecular weight excluding hydrogens is 448 g/mol. The molecule has 0 aliphatic heterocycles. The summed E-state index contributed by atoms with van der Waals surface area (Å²) < 4.78 is 11.7. The van der Waals surface area contributed by atoms with E-state index in [1.807, 2.05) is 38.1 Å². The maximum Gasteiger partial charge on any atom is 0.261 e. The lowest BCUT2D eigenvalue weighted by molar-refractivity contribution is -0.142. The first-order chi connectivity index (χ1) is 14.3. The van der Waals surface area contributed by atoms with Gasteiger partial charge in [0, 0.05) is 17.6 Å². The van der Waals surface area contributed by atoms with Crippen LogP contribution in [0.1, 0.15) is 26.3 Å². The van der Waals surface area contributed by atoms with Crippen molar-refractivity contribution < 1.29 is 19.1 Å². The van der Waals surface area contributed by atoms with Gasteiger partial charge in [-0.15, -0.1) is 0 Å². The van der Waals surface area contributed by atoms with Crippen molar-refractivity contribution in [2.45, 2.75) is 33.4 Å². The van der Waals surface area contributed by atoms with Crippen molar-refractivity contribution >= 4 is 27.7 Å². The van der Waals surface area contributed by atoms with Crippen LogP contribution < -0.4 is 14.8 Å². The number of rotatable bonds is 10. The quantitative estimate of drug-likeness (QED) is 0.561. The first-order valence-electron chi connectivity index (χ1n) is 9.88. The molecule has 0 fully saturated rings. The first-order valence-corrected chi connectivity index (χ1v) is 10.7. The monoisotopic (exact) mass is 476 g/mol. The highest BCUT2D eigenvalue weighted by molar-refractivity contribution is 9.10. The Balaban J connectivity index is 2.10. The highest BCUT2D eigenvalue weighted by Crippen LogP contribution is 2.18. The van der Waals surface area contributed by atoms with Crippen molar-refractivity contribution in [1.82, 2.24) is 10.2 Å². The molecule has 162 valence electrons. The third-order valence-electron chi connectivity index (χ3n) is 4.54. The molecular formula is C23H29BrN2O4. The van der Waals surface area contributed by atoms with Gasteiger partial charge in [-0.05, 0) is 54.8 Å². The number of hydrogen-bond donors (Lipinski definition) is 1. The maximum absolute atomic E-state index is 13.0. The summed E-state index contributed by atoms with van der Waals surface area (Å²) >= 11 is 3.41. The van der Waals surface area contributed by atoms with E-state index in [1.165, 1.54) is 0 Å². The minimum atomic E-state index is -0.626. The fourth-order valence-electron chi connectivity index (χ4n) is 2.72. The summed E-state index contributed by atoms with van der Waals surface area (Å²) in [7, 11) is 1.59. The fourth-order valence-corrected chi connectivity index (χ4v) is 2.99. The average molecular weight is 477 g/mol. The molecule has 0 aliphatic rings. The van der Waals surface area contributed by atoms with Gasteiger partial charge in [-0.2, -0.15) is 0 Å². The van der Waals surface area contributed by atoms with Crippen molar-refractivity contribution in [3.63, 3.8) is 0 Å². The van der Waals surface area contributed by atoms with E-state index >= 15 is 0 Å². The van der Waals surface area contributed by atoms with E-state index in [4.69, 9.17) is 9.47 Å². The minimum absolute atomic E-state index is 0.162. The van der Waals surface area contributed by atoms with Crippen molar-refractivity contribution in [2.24, 2.45) is 5.92 Å². The molecule has 0 aromatic heterocycles. The number of halogens is 1. The Bertz CT molecular complexity index is 822. The standard InChI is InChI=1S/C23H29BrN2O4/c1-16(2)13-25-23(28)17(3)26(14-18-5-7-19(24)8-6-18)22(27)15-30-21-11-9-20(29-4)10-12-21/h5-12,16-17H,13-15H2,1-4H3,(H,25,28). The van der Waals surface area contributed by atoms with E-state index in [-0.39, 0.29) is 18.4 Å². The second-order valence-electron chi connectivity index (χ2n) is 7.43. The van der Waals surface area contributed by atoms with Gasteiger partial charge in [-0.3, -0.25) is 9.59 Å². The largest absolute Gasteiger partial charge is 0.497 e. The molecule has 0 saturated heterocycles. The predicted octanol–water partition coefficient (Wildman–Crippen LogP) is 4.03. The number of nitrogens with one attached hydrogen (secondary N) is 1. The Kier molecular flexibility index (Phi) is 9.17. The van der Waals surface area contributed by atoms with Crippen LogP contribution in [0.15, 0.2) is 53.0 Å². The third kappa shape index (κ3) is 7.37. The van der Waals surface area contributed by atoms with Gasteiger partial charge in [0.05, 0.1) is 7.11 Å². The van der Waals surface area contributed by atoms with Crippen molar-refractivity contribution in [2.75, 3.05) is 20.3 Å². The van der Waals surface area contributed by atoms with Gasteiger partial charge in [0.1, 0.15) is 17.5 Å². The fraction of sp³-hybridized carbons (Fsp3) is 0.391. The van der Waals surface area contributed by atoms with Crippen LogP contribution in [0, 0.1) is 5.92 Å². The molecule has 2 aromatic rings. The number of carbonyl (C=O) groups is 2. The maximum atomic E-state index is 13.0. The molecule has 2 amide bonds. The highest BCUT2D eigenvalue weighted by atomic mass is 79.9. The second-order valence-corrected chi connectivity index (χ2v) is 8.34. The van der Waals surface area contributed by atoms with Crippen LogP contribution in [0.2, 0.25) is 0 Å². The van der Waals surface area contributed by atoms with E-state index in [0.29, 0.717) is 30.5 Å². The van der Waals surface area contributed by atoms with Crippen LogP contribution in [0.5, 0.6) is 11.5 Å². The molecule has 1 N–H and O–H groups in total. The van der Waals surface area contributed by atoms with Crippen LogP contribution in [0.4, 0.5) is 0 Å². The number of hydrogen-bond acceptors (Lipinski definition) is 4. The second kappa shape index (κ2) is 11.6. The zero-order chi connectivity index (χ0) is 22.1. The van der Waals surface area contributed by atoms with Gasteiger partial charge in [0.25, 0.3) is 5.91 Å². The Labute approximate surface area is 186 Å². The first kappa shape index (κ1) is 23.7. The normalized spacial score (nSPS) is 11.7. The van der Waals surface area contributed by atoms with E-state index in [2.05, 4.69) is 21.2 Å². The van der Waals surface area contributed by atoms with Crippen molar-refractivity contribution in [1.29, 1.82) is 0 Å². The number of carbonyl (C=O) groups excluding carboxylic acids is 2. The number of nitrogens with zero attached hydrogens (tertiary/aromatic N) is 1. The van der Waals surface area contributed by atoms with Crippen LogP contribution in [0.25, 0.3) is 0 Å². The summed E-state index contributed by atoms with van der Waals surface area (Å²) in [5.74, 6) is 1.15. The van der Waals surface area contributed by atoms with Crippen LogP contribution in [-0.4, -0.2) is 43.0 Å². The molecule has 2 aromatic carbocycles. The average Bonchev–Trinajstić information content (AvgIpc) is 2.75. The molecule has 0 saturated carbocycles. The summed E-state index contributed by atoms with van der Waals surface area (Å²) in [4.78, 5) is 27.1. The van der Waals surface area contributed by atoms with E-state index < -0.39 is 6.04 Å². The van der Waals surface area contributed by atoms with E-state index in [1.54, 1.807) is 43.2 Å². The zero-order valence-corrected chi connectivity index (χ0v) is 19.4. The molecule has 30 heavy (non-hydrogen) atoms. The SMILES string of the molecule is COc1ccc(OCC(=O)N(Cc2ccc(Br)cc2)C(C)C(=O)NCC(C)C)cc1. The number of benzene rings is 2. The molecule has 1 atom stereocenters. The summed E-state index contributed by atoms with van der Waals surface area (Å²) in [6.45, 7) is 6.50. The third-order valence-corrected chi connectivity index (χ3v) is 5.07. The Hall–Kier alpha value is -2.54. The van der Waals surface area contributed by atoms with Gasteiger partial charge in [0.2, 0.25) is 5.91 Å². The van der Waals surface area contributed by atoms with Crippen molar-refractivity contribution in [3.8, 4) is 11.5 Å². The Morgan fingerprint density at radius 3 is 2.17 bits per heavy atom. The molecule has 0 aliphatic carbocycles. The van der Waals surface area contributed by atoms with Gasteiger partial charge >= 0.3 is 0 Å². The van der Waals surface area contributed by atoms with Crippen molar-refractivity contribution in [3.05, 3.63) is 58.6 Å². The molecule has 2 rings (SSSR count). The lowest BCUT2D eigenvalue weighted by Crippen LogP contribution is -2.49. The Morgan fingerprint density at radius 2 is 1.60 bits per heavy atom. The predicted molar refractivity (Wildman–Crippen MR) is 120 cm³/mol. The smallest absolute Gasteiger partial charge is 0.261 e. The summed E-state index contributed by atoms with van der Waals surface area (Å²) in [6, 6.07) is 14.1. The number of ether oxygens (including phenoxy) is 2. The molecule has 1 unspecified atom stereocenters. The molecule has 0 spiro atoms. The summed E-state index contributed by atoms with van der Waals surface area (Å²) in [5, 5.41) is 2.90. The van der Waals surface area contributed by atoms with Crippen LogP contribution in [-0.2, 0) is 16.1 Å². The Morgan fingerprint density at radius 1 is 1.00 bits per heavy atom. The van der Waals surface area contributed by atoms with Gasteiger partial charge in [-0.1, -0.05) is 41.9 Å².